The van der Waals surface area contributed by atoms with E-state index in [-0.39, 0.29) is 17.8 Å². The fourth-order valence-electron chi connectivity index (χ4n) is 4.83. The number of aliphatic hydroxyl groups is 1. The molecule has 1 aliphatic rings. The summed E-state index contributed by atoms with van der Waals surface area (Å²) in [7, 11) is 1.75. The Hall–Kier alpha value is -3.01. The van der Waals surface area contributed by atoms with E-state index in [9.17, 15) is 14.7 Å². The summed E-state index contributed by atoms with van der Waals surface area (Å²) in [6, 6.07) is 7.08. The third-order valence-electron chi connectivity index (χ3n) is 6.71. The van der Waals surface area contributed by atoms with Crippen LogP contribution < -0.4 is 10.9 Å². The van der Waals surface area contributed by atoms with E-state index in [2.05, 4.69) is 9.88 Å². The van der Waals surface area contributed by atoms with E-state index in [1.165, 1.54) is 0 Å². The highest BCUT2D eigenvalue weighted by molar-refractivity contribution is 5.81. The largest absolute Gasteiger partial charge is 0.462 e. The number of esters is 1. The molecule has 4 rings (SSSR count). The topological polar surface area (TPSA) is 108 Å². The first-order chi connectivity index (χ1) is 17.6. The molecule has 2 N–H and O–H groups in total. The standard InChI is InChI=1S/C28H38N4O5/c1-17(2)37-28(35)25(19(4)33)29-14-20-9-10-24-23(13-20)30-26(21-12-18(3)27(34)31(5)15-21)32(24)16-22-8-6-7-11-36-22/h9-10,12-13,15,17,19,22,25,29,33H,6-8,11,14,16H2,1-5H3/t19?,22-,25?/m0/s1. The number of aliphatic hydroxyl groups excluding tert-OH is 1. The number of nitrogens with one attached hydrogen (secondary N) is 1. The molecule has 0 amide bonds. The smallest absolute Gasteiger partial charge is 0.326 e. The monoisotopic (exact) mass is 510 g/mol. The van der Waals surface area contributed by atoms with Crippen LogP contribution in [0.25, 0.3) is 22.4 Å². The number of ether oxygens (including phenoxy) is 2. The van der Waals surface area contributed by atoms with E-state index in [0.29, 0.717) is 18.7 Å². The van der Waals surface area contributed by atoms with Crippen LogP contribution in [0, 0.1) is 6.92 Å². The highest BCUT2D eigenvalue weighted by atomic mass is 16.5. The molecule has 1 fully saturated rings. The average Bonchev–Trinajstić information content (AvgIpc) is 3.19. The van der Waals surface area contributed by atoms with Gasteiger partial charge in [0, 0.05) is 37.5 Å². The van der Waals surface area contributed by atoms with Crippen molar-refractivity contribution in [1.29, 1.82) is 0 Å². The van der Waals surface area contributed by atoms with Gasteiger partial charge in [-0.2, -0.15) is 0 Å². The van der Waals surface area contributed by atoms with Gasteiger partial charge in [0.1, 0.15) is 11.9 Å². The van der Waals surface area contributed by atoms with Gasteiger partial charge in [-0.3, -0.25) is 14.9 Å². The molecule has 9 nitrogen and oxygen atoms in total. The van der Waals surface area contributed by atoms with Gasteiger partial charge in [0.15, 0.2) is 0 Å². The number of carbonyl (C=O) groups excluding carboxylic acids is 1. The number of nitrogens with zero attached hydrogens (tertiary/aromatic N) is 3. The molecule has 2 unspecified atom stereocenters. The van der Waals surface area contributed by atoms with Gasteiger partial charge in [-0.1, -0.05) is 6.07 Å². The number of aryl methyl sites for hydroxylation is 2. The van der Waals surface area contributed by atoms with E-state index in [1.54, 1.807) is 32.4 Å². The lowest BCUT2D eigenvalue weighted by Crippen LogP contribution is -2.46. The van der Waals surface area contributed by atoms with Gasteiger partial charge in [-0.25, -0.2) is 4.98 Å². The highest BCUT2D eigenvalue weighted by Crippen LogP contribution is 2.28. The number of benzene rings is 1. The maximum absolute atomic E-state index is 12.4. The summed E-state index contributed by atoms with van der Waals surface area (Å²) in [6.45, 7) is 8.76. The fourth-order valence-corrected chi connectivity index (χ4v) is 4.83. The molecule has 3 aromatic rings. The lowest BCUT2D eigenvalue weighted by molar-refractivity contribution is -0.152. The molecule has 3 atom stereocenters. The van der Waals surface area contributed by atoms with Gasteiger partial charge >= 0.3 is 5.97 Å². The summed E-state index contributed by atoms with van der Waals surface area (Å²) in [4.78, 5) is 29.7. The van der Waals surface area contributed by atoms with Gasteiger partial charge in [0.2, 0.25) is 0 Å². The summed E-state index contributed by atoms with van der Waals surface area (Å²) in [6.07, 6.45) is 4.01. The minimum atomic E-state index is -0.899. The molecule has 200 valence electrons. The second-order valence-corrected chi connectivity index (χ2v) is 10.3. The van der Waals surface area contributed by atoms with Crippen LogP contribution in [0.15, 0.2) is 35.3 Å². The normalized spacial score (nSPS) is 17.8. The molecule has 9 heteroatoms. The van der Waals surface area contributed by atoms with E-state index in [1.807, 2.05) is 37.4 Å². The summed E-state index contributed by atoms with van der Waals surface area (Å²) < 4.78 is 15.1. The van der Waals surface area contributed by atoms with Crippen LogP contribution in [0.2, 0.25) is 0 Å². The molecule has 1 saturated heterocycles. The number of pyridine rings is 1. The van der Waals surface area contributed by atoms with Crippen molar-refractivity contribution in [2.75, 3.05) is 6.61 Å². The van der Waals surface area contributed by atoms with Crippen molar-refractivity contribution in [1.82, 2.24) is 19.4 Å². The molecule has 0 aliphatic carbocycles. The summed E-state index contributed by atoms with van der Waals surface area (Å²) in [5.74, 6) is 0.311. The van der Waals surface area contributed by atoms with Gasteiger partial charge < -0.3 is 23.7 Å². The van der Waals surface area contributed by atoms with Gasteiger partial charge in [0.05, 0.1) is 35.9 Å². The van der Waals surface area contributed by atoms with Crippen molar-refractivity contribution >= 4 is 17.0 Å². The first-order valence-corrected chi connectivity index (χ1v) is 13.0. The molecule has 0 spiro atoms. The zero-order valence-electron chi connectivity index (χ0n) is 22.4. The first kappa shape index (κ1) is 27.0. The van der Waals surface area contributed by atoms with Crippen molar-refractivity contribution in [3.63, 3.8) is 0 Å². The Morgan fingerprint density at radius 1 is 1.27 bits per heavy atom. The summed E-state index contributed by atoms with van der Waals surface area (Å²) >= 11 is 0. The minimum Gasteiger partial charge on any atom is -0.462 e. The number of hydrogen-bond donors (Lipinski definition) is 2. The first-order valence-electron chi connectivity index (χ1n) is 13.0. The number of carbonyl (C=O) groups is 1. The molecular weight excluding hydrogens is 472 g/mol. The highest BCUT2D eigenvalue weighted by Gasteiger charge is 2.26. The molecular formula is C28H38N4O5. The Morgan fingerprint density at radius 2 is 2.05 bits per heavy atom. The SMILES string of the molecule is Cc1cc(-c2nc3cc(CNC(C(=O)OC(C)C)C(C)O)ccc3n2C[C@@H]2CCCCO2)cn(C)c1=O. The van der Waals surface area contributed by atoms with Crippen LogP contribution >= 0.6 is 0 Å². The van der Waals surface area contributed by atoms with Crippen molar-refractivity contribution in [3.05, 3.63) is 51.9 Å². The second-order valence-electron chi connectivity index (χ2n) is 10.3. The number of aromatic nitrogens is 3. The van der Waals surface area contributed by atoms with Crippen LogP contribution in [0.3, 0.4) is 0 Å². The van der Waals surface area contributed by atoms with Crippen LogP contribution in [-0.2, 0) is 34.4 Å². The molecule has 0 bridgehead atoms. The molecule has 1 aliphatic heterocycles. The Balaban J connectivity index is 1.67. The van der Waals surface area contributed by atoms with Gasteiger partial charge in [-0.05, 0) is 70.7 Å². The van der Waals surface area contributed by atoms with E-state index < -0.39 is 18.1 Å². The maximum Gasteiger partial charge on any atom is 0.326 e. The number of hydrogen-bond acceptors (Lipinski definition) is 7. The predicted octanol–water partition coefficient (Wildman–Crippen LogP) is 3.07. The van der Waals surface area contributed by atoms with E-state index in [4.69, 9.17) is 14.5 Å². The quantitative estimate of drug-likeness (QED) is 0.426. The van der Waals surface area contributed by atoms with Crippen molar-refractivity contribution < 1.29 is 19.4 Å². The molecule has 0 radical (unpaired) electrons. The maximum atomic E-state index is 12.4. The predicted molar refractivity (Wildman–Crippen MR) is 142 cm³/mol. The number of imidazole rings is 1. The summed E-state index contributed by atoms with van der Waals surface area (Å²) in [5.41, 5.74) is 4.23. The van der Waals surface area contributed by atoms with Crippen LogP contribution in [-0.4, -0.2) is 56.2 Å². The minimum absolute atomic E-state index is 0.0287. The third kappa shape index (κ3) is 6.29. The van der Waals surface area contributed by atoms with Crippen molar-refractivity contribution in [2.45, 2.75) is 84.4 Å². The molecule has 2 aromatic heterocycles. The lowest BCUT2D eigenvalue weighted by Gasteiger charge is -2.24. The zero-order valence-corrected chi connectivity index (χ0v) is 22.4. The molecule has 37 heavy (non-hydrogen) atoms. The van der Waals surface area contributed by atoms with E-state index >= 15 is 0 Å². The van der Waals surface area contributed by atoms with Crippen LogP contribution in [0.4, 0.5) is 0 Å². The van der Waals surface area contributed by atoms with Crippen molar-refractivity contribution in [3.8, 4) is 11.4 Å². The summed E-state index contributed by atoms with van der Waals surface area (Å²) in [5, 5.41) is 13.2. The Morgan fingerprint density at radius 3 is 2.70 bits per heavy atom. The molecule has 1 aromatic carbocycles. The van der Waals surface area contributed by atoms with Gasteiger partial charge in [0.25, 0.3) is 5.56 Å². The number of rotatable bonds is 9. The molecule has 3 heterocycles. The van der Waals surface area contributed by atoms with Gasteiger partial charge in [-0.15, -0.1) is 0 Å². The van der Waals surface area contributed by atoms with E-state index in [0.717, 1.165) is 53.9 Å². The zero-order chi connectivity index (χ0) is 26.7. The second kappa shape index (κ2) is 11.6. The Bertz CT molecular complexity index is 1280. The molecule has 0 saturated carbocycles. The fraction of sp³-hybridized carbons (Fsp3) is 0.536. The average molecular weight is 511 g/mol. The van der Waals surface area contributed by atoms with Crippen LogP contribution in [0.5, 0.6) is 0 Å². The van der Waals surface area contributed by atoms with Crippen LogP contribution in [0.1, 0.15) is 51.2 Å². The Kier molecular flexibility index (Phi) is 8.46. The lowest BCUT2D eigenvalue weighted by atomic mass is 10.1. The third-order valence-corrected chi connectivity index (χ3v) is 6.71. The van der Waals surface area contributed by atoms with Crippen molar-refractivity contribution in [2.24, 2.45) is 7.05 Å². The Labute approximate surface area is 217 Å². The number of fused-ring (bicyclic) bond motifs is 1.